The topological polar surface area (TPSA) is 39.1 Å². The molecule has 4 heteroatoms. The van der Waals surface area contributed by atoms with E-state index in [1.165, 1.54) is 18.5 Å². The van der Waals surface area contributed by atoms with Crippen LogP contribution in [0.15, 0.2) is 12.3 Å². The van der Waals surface area contributed by atoms with E-state index in [1.54, 1.807) is 7.11 Å². The lowest BCUT2D eigenvalue weighted by molar-refractivity contribution is 0.185. The second-order valence-corrected chi connectivity index (χ2v) is 5.03. The molecule has 1 aromatic heterocycles. The first-order valence-corrected chi connectivity index (χ1v) is 6.84. The fourth-order valence-electron chi connectivity index (χ4n) is 2.28. The maximum absolute atomic E-state index is 5.07. The number of aromatic nitrogens is 2. The molecule has 0 aliphatic carbocycles. The van der Waals surface area contributed by atoms with E-state index < -0.39 is 0 Å². The Balaban J connectivity index is 2.55. The van der Waals surface area contributed by atoms with Crippen molar-refractivity contribution in [1.82, 2.24) is 15.1 Å². The molecule has 0 aliphatic rings. The second kappa shape index (κ2) is 7.54. The Bertz CT molecular complexity index is 332. The van der Waals surface area contributed by atoms with E-state index in [4.69, 9.17) is 4.74 Å². The van der Waals surface area contributed by atoms with Gasteiger partial charge in [0.15, 0.2) is 0 Å². The van der Waals surface area contributed by atoms with Crippen molar-refractivity contribution in [3.63, 3.8) is 0 Å². The lowest BCUT2D eigenvalue weighted by Gasteiger charge is -2.31. The van der Waals surface area contributed by atoms with Crippen LogP contribution in [-0.4, -0.2) is 36.6 Å². The van der Waals surface area contributed by atoms with Crippen molar-refractivity contribution in [3.05, 3.63) is 18.0 Å². The molecule has 0 fully saturated rings. The summed E-state index contributed by atoms with van der Waals surface area (Å²) < 4.78 is 6.95. The van der Waals surface area contributed by atoms with Crippen LogP contribution in [0.4, 0.5) is 0 Å². The third kappa shape index (κ3) is 4.42. The highest BCUT2D eigenvalue weighted by Crippen LogP contribution is 2.29. The first-order chi connectivity index (χ1) is 8.65. The zero-order chi connectivity index (χ0) is 13.4. The van der Waals surface area contributed by atoms with Gasteiger partial charge in [-0.1, -0.05) is 13.8 Å². The lowest BCUT2D eigenvalue weighted by atomic mass is 9.78. The highest BCUT2D eigenvalue weighted by molar-refractivity contribution is 5.03. The quantitative estimate of drug-likeness (QED) is 0.684. The average Bonchev–Trinajstić information content (AvgIpc) is 2.78. The van der Waals surface area contributed by atoms with Gasteiger partial charge in [0.2, 0.25) is 0 Å². The highest BCUT2D eigenvalue weighted by atomic mass is 16.5. The van der Waals surface area contributed by atoms with E-state index in [1.807, 2.05) is 17.9 Å². The predicted octanol–water partition coefficient (Wildman–Crippen LogP) is 2.00. The van der Waals surface area contributed by atoms with Crippen molar-refractivity contribution in [2.75, 3.05) is 26.8 Å². The van der Waals surface area contributed by atoms with Gasteiger partial charge in [-0.3, -0.25) is 4.68 Å². The summed E-state index contributed by atoms with van der Waals surface area (Å²) >= 11 is 0. The number of nitrogens with one attached hydrogen (secondary N) is 1. The Labute approximate surface area is 111 Å². The molecule has 104 valence electrons. The van der Waals surface area contributed by atoms with E-state index in [0.717, 1.165) is 26.1 Å². The van der Waals surface area contributed by atoms with Crippen LogP contribution < -0.4 is 5.32 Å². The summed E-state index contributed by atoms with van der Waals surface area (Å²) in [5, 5.41) is 8.00. The minimum Gasteiger partial charge on any atom is -0.383 e. The van der Waals surface area contributed by atoms with Crippen molar-refractivity contribution < 1.29 is 4.74 Å². The number of nitrogens with zero attached hydrogens (tertiary/aromatic N) is 2. The standard InChI is InChI=1S/C14H27N3O/c1-5-14(6-2,12-15-8-10-18-4)11-13-7-9-17(3)16-13/h7,9,15H,5-6,8,10-12H2,1-4H3. The summed E-state index contributed by atoms with van der Waals surface area (Å²) in [7, 11) is 3.71. The lowest BCUT2D eigenvalue weighted by Crippen LogP contribution is -2.37. The molecular weight excluding hydrogens is 226 g/mol. The van der Waals surface area contributed by atoms with Crippen LogP contribution in [-0.2, 0) is 18.2 Å². The van der Waals surface area contributed by atoms with Gasteiger partial charge in [0, 0.05) is 33.4 Å². The molecule has 0 bridgehead atoms. The van der Waals surface area contributed by atoms with Crippen LogP contribution in [0, 0.1) is 5.41 Å². The summed E-state index contributed by atoms with van der Waals surface area (Å²) in [5.74, 6) is 0. The molecule has 1 heterocycles. The second-order valence-electron chi connectivity index (χ2n) is 5.03. The van der Waals surface area contributed by atoms with Crippen molar-refractivity contribution in [3.8, 4) is 0 Å². The number of methoxy groups -OCH3 is 1. The predicted molar refractivity (Wildman–Crippen MR) is 74.7 cm³/mol. The fourth-order valence-corrected chi connectivity index (χ4v) is 2.28. The summed E-state index contributed by atoms with van der Waals surface area (Å²) in [5.41, 5.74) is 1.50. The van der Waals surface area contributed by atoms with E-state index in [-0.39, 0.29) is 0 Å². The molecule has 1 aromatic rings. The minimum absolute atomic E-state index is 0.308. The van der Waals surface area contributed by atoms with Gasteiger partial charge in [-0.05, 0) is 30.7 Å². The van der Waals surface area contributed by atoms with Crippen LogP contribution in [0.1, 0.15) is 32.4 Å². The molecule has 18 heavy (non-hydrogen) atoms. The van der Waals surface area contributed by atoms with Gasteiger partial charge in [-0.15, -0.1) is 0 Å². The van der Waals surface area contributed by atoms with Gasteiger partial charge in [0.05, 0.1) is 12.3 Å². The average molecular weight is 253 g/mol. The molecular formula is C14H27N3O. The molecule has 0 amide bonds. The molecule has 0 spiro atoms. The van der Waals surface area contributed by atoms with Gasteiger partial charge in [-0.2, -0.15) is 5.10 Å². The van der Waals surface area contributed by atoms with Crippen molar-refractivity contribution in [2.45, 2.75) is 33.1 Å². The first kappa shape index (κ1) is 15.2. The van der Waals surface area contributed by atoms with E-state index >= 15 is 0 Å². The van der Waals surface area contributed by atoms with Gasteiger partial charge >= 0.3 is 0 Å². The molecule has 0 saturated carbocycles. The van der Waals surface area contributed by atoms with Gasteiger partial charge < -0.3 is 10.1 Å². The number of aryl methyl sites for hydroxylation is 1. The molecule has 1 rings (SSSR count). The highest BCUT2D eigenvalue weighted by Gasteiger charge is 2.27. The summed E-state index contributed by atoms with van der Waals surface area (Å²) in [6.07, 6.45) is 5.39. The Morgan fingerprint density at radius 2 is 2.11 bits per heavy atom. The third-order valence-corrected chi connectivity index (χ3v) is 3.81. The van der Waals surface area contributed by atoms with Gasteiger partial charge in [-0.25, -0.2) is 0 Å². The number of rotatable bonds is 9. The molecule has 0 atom stereocenters. The van der Waals surface area contributed by atoms with Crippen LogP contribution in [0.25, 0.3) is 0 Å². The molecule has 4 nitrogen and oxygen atoms in total. The molecule has 0 saturated heterocycles. The Hall–Kier alpha value is -0.870. The summed E-state index contributed by atoms with van der Waals surface area (Å²) in [4.78, 5) is 0. The monoisotopic (exact) mass is 253 g/mol. The van der Waals surface area contributed by atoms with Crippen molar-refractivity contribution in [2.24, 2.45) is 12.5 Å². The smallest absolute Gasteiger partial charge is 0.0630 e. The van der Waals surface area contributed by atoms with Crippen LogP contribution in [0.5, 0.6) is 0 Å². The Kier molecular flexibility index (Phi) is 6.36. The van der Waals surface area contributed by atoms with Gasteiger partial charge in [0.1, 0.15) is 0 Å². The zero-order valence-electron chi connectivity index (χ0n) is 12.2. The number of ether oxygens (including phenoxy) is 1. The zero-order valence-corrected chi connectivity index (χ0v) is 12.2. The van der Waals surface area contributed by atoms with Crippen LogP contribution >= 0.6 is 0 Å². The van der Waals surface area contributed by atoms with E-state index in [9.17, 15) is 0 Å². The minimum atomic E-state index is 0.308. The SMILES string of the molecule is CCC(CC)(CNCCOC)Cc1ccn(C)n1. The molecule has 1 N–H and O–H groups in total. The third-order valence-electron chi connectivity index (χ3n) is 3.81. The van der Waals surface area contributed by atoms with E-state index in [0.29, 0.717) is 5.41 Å². The normalized spacial score (nSPS) is 12.0. The number of hydrogen-bond acceptors (Lipinski definition) is 3. The first-order valence-electron chi connectivity index (χ1n) is 6.84. The molecule has 0 unspecified atom stereocenters. The Morgan fingerprint density at radius 3 is 2.61 bits per heavy atom. The largest absolute Gasteiger partial charge is 0.383 e. The number of hydrogen-bond donors (Lipinski definition) is 1. The maximum Gasteiger partial charge on any atom is 0.0630 e. The van der Waals surface area contributed by atoms with Crippen molar-refractivity contribution in [1.29, 1.82) is 0 Å². The Morgan fingerprint density at radius 1 is 1.39 bits per heavy atom. The van der Waals surface area contributed by atoms with Gasteiger partial charge in [0.25, 0.3) is 0 Å². The molecule has 0 aliphatic heterocycles. The van der Waals surface area contributed by atoms with Crippen LogP contribution in [0.2, 0.25) is 0 Å². The summed E-state index contributed by atoms with van der Waals surface area (Å²) in [6.45, 7) is 7.25. The van der Waals surface area contributed by atoms with Crippen LogP contribution in [0.3, 0.4) is 0 Å². The maximum atomic E-state index is 5.07. The molecule has 0 aromatic carbocycles. The van der Waals surface area contributed by atoms with Crippen molar-refractivity contribution >= 4 is 0 Å². The fraction of sp³-hybridized carbons (Fsp3) is 0.786. The summed E-state index contributed by atoms with van der Waals surface area (Å²) in [6, 6.07) is 2.12. The molecule has 0 radical (unpaired) electrons. The van der Waals surface area contributed by atoms with E-state index in [2.05, 4.69) is 30.3 Å².